The van der Waals surface area contributed by atoms with E-state index in [1.807, 2.05) is 24.3 Å². The lowest BCUT2D eigenvalue weighted by atomic mass is 10.3. The van der Waals surface area contributed by atoms with Gasteiger partial charge in [-0.15, -0.1) is 0 Å². The molecule has 0 aromatic heterocycles. The highest BCUT2D eigenvalue weighted by Gasteiger charge is 2.11. The van der Waals surface area contributed by atoms with E-state index >= 15 is 0 Å². The number of benzene rings is 1. The van der Waals surface area contributed by atoms with E-state index in [4.69, 9.17) is 0 Å². The molecule has 0 aliphatic rings. The predicted octanol–water partition coefficient (Wildman–Crippen LogP) is 3.92. The zero-order chi connectivity index (χ0) is 11.4. The fourth-order valence-corrected chi connectivity index (χ4v) is 2.39. The maximum absolute atomic E-state index is 11.2. The Morgan fingerprint density at radius 3 is 2.40 bits per heavy atom. The smallest absolute Gasteiger partial charge is 0.169 e. The van der Waals surface area contributed by atoms with Gasteiger partial charge >= 0.3 is 0 Å². The SMILES string of the molecule is CC(=O)/C(Sc1ccccc1Br)=C(\C)O. The fraction of sp³-hybridized carbons (Fsp3) is 0.182. The standard InChI is InChI=1S/C11H11BrO2S/c1-7(13)11(8(2)14)15-10-6-4-3-5-9(10)12/h3-6,13H,1-2H3/b11-7-. The highest BCUT2D eigenvalue weighted by molar-refractivity contribution is 9.10. The average molecular weight is 287 g/mol. The predicted molar refractivity (Wildman–Crippen MR) is 66.0 cm³/mol. The van der Waals surface area contributed by atoms with Crippen molar-refractivity contribution in [3.63, 3.8) is 0 Å². The fourth-order valence-electron chi connectivity index (χ4n) is 1.04. The van der Waals surface area contributed by atoms with Gasteiger partial charge in [-0.05, 0) is 41.9 Å². The number of hydrogen-bond acceptors (Lipinski definition) is 3. The number of Topliss-reactive ketones (excluding diaryl/α,β-unsaturated/α-hetero) is 1. The highest BCUT2D eigenvalue weighted by atomic mass is 79.9. The van der Waals surface area contributed by atoms with Gasteiger partial charge in [-0.2, -0.15) is 0 Å². The van der Waals surface area contributed by atoms with Crippen LogP contribution in [0.1, 0.15) is 13.8 Å². The summed E-state index contributed by atoms with van der Waals surface area (Å²) >= 11 is 4.65. The molecular weight excluding hydrogens is 276 g/mol. The van der Waals surface area contributed by atoms with Crippen LogP contribution >= 0.6 is 27.7 Å². The molecule has 0 aliphatic heterocycles. The van der Waals surface area contributed by atoms with E-state index in [0.717, 1.165) is 9.37 Å². The molecule has 0 unspecified atom stereocenters. The normalized spacial score (nSPS) is 12.2. The summed E-state index contributed by atoms with van der Waals surface area (Å²) in [4.78, 5) is 12.5. The first-order valence-electron chi connectivity index (χ1n) is 4.35. The van der Waals surface area contributed by atoms with Crippen LogP contribution in [0.3, 0.4) is 0 Å². The second-order valence-electron chi connectivity index (χ2n) is 3.00. The number of thioether (sulfide) groups is 1. The summed E-state index contributed by atoms with van der Waals surface area (Å²) in [5.41, 5.74) is 0. The van der Waals surface area contributed by atoms with Gasteiger partial charge in [0.25, 0.3) is 0 Å². The zero-order valence-electron chi connectivity index (χ0n) is 8.45. The second kappa shape index (κ2) is 5.37. The van der Waals surface area contributed by atoms with E-state index in [1.54, 1.807) is 0 Å². The lowest BCUT2D eigenvalue weighted by molar-refractivity contribution is -0.113. The van der Waals surface area contributed by atoms with Gasteiger partial charge in [-0.25, -0.2) is 0 Å². The number of hydrogen-bond donors (Lipinski definition) is 1. The Morgan fingerprint density at radius 2 is 1.93 bits per heavy atom. The number of rotatable bonds is 3. The van der Waals surface area contributed by atoms with Crippen LogP contribution in [0.5, 0.6) is 0 Å². The van der Waals surface area contributed by atoms with Crippen LogP contribution in [0.4, 0.5) is 0 Å². The minimum atomic E-state index is -0.129. The summed E-state index contributed by atoms with van der Waals surface area (Å²) < 4.78 is 0.912. The number of ketones is 1. The van der Waals surface area contributed by atoms with Crippen molar-refractivity contribution >= 4 is 33.5 Å². The number of halogens is 1. The molecule has 0 atom stereocenters. The van der Waals surface area contributed by atoms with Gasteiger partial charge in [0.05, 0.1) is 4.91 Å². The van der Waals surface area contributed by atoms with Gasteiger partial charge in [0.1, 0.15) is 5.76 Å². The van der Waals surface area contributed by atoms with Gasteiger partial charge in [0, 0.05) is 9.37 Å². The molecular formula is C11H11BrO2S. The second-order valence-corrected chi connectivity index (χ2v) is 4.91. The molecule has 80 valence electrons. The molecule has 0 spiro atoms. The van der Waals surface area contributed by atoms with Crippen molar-refractivity contribution in [3.05, 3.63) is 39.4 Å². The summed E-state index contributed by atoms with van der Waals surface area (Å²) in [6.07, 6.45) is 0. The van der Waals surface area contributed by atoms with Crippen LogP contribution in [-0.4, -0.2) is 10.9 Å². The van der Waals surface area contributed by atoms with Crippen molar-refractivity contribution in [2.45, 2.75) is 18.7 Å². The molecule has 0 amide bonds. The van der Waals surface area contributed by atoms with Gasteiger partial charge in [-0.3, -0.25) is 4.79 Å². The van der Waals surface area contributed by atoms with E-state index in [2.05, 4.69) is 15.9 Å². The Morgan fingerprint density at radius 1 is 1.33 bits per heavy atom. The number of aliphatic hydroxyl groups excluding tert-OH is 1. The van der Waals surface area contributed by atoms with E-state index in [9.17, 15) is 9.90 Å². The third-order valence-electron chi connectivity index (χ3n) is 1.70. The minimum Gasteiger partial charge on any atom is -0.511 e. The Balaban J connectivity index is 3.00. The van der Waals surface area contributed by atoms with Crippen LogP contribution in [0.15, 0.2) is 44.3 Å². The maximum atomic E-state index is 11.2. The first kappa shape index (κ1) is 12.3. The summed E-state index contributed by atoms with van der Waals surface area (Å²) in [6, 6.07) is 7.57. The van der Waals surface area contributed by atoms with Crippen LogP contribution in [-0.2, 0) is 4.79 Å². The maximum Gasteiger partial charge on any atom is 0.169 e. The molecule has 0 saturated carbocycles. The largest absolute Gasteiger partial charge is 0.511 e. The summed E-state index contributed by atoms with van der Waals surface area (Å²) in [5, 5.41) is 9.36. The molecule has 4 heteroatoms. The number of allylic oxidation sites excluding steroid dienone is 2. The lowest BCUT2D eigenvalue weighted by Gasteiger charge is -2.06. The van der Waals surface area contributed by atoms with Crippen molar-refractivity contribution in [2.75, 3.05) is 0 Å². The molecule has 1 aromatic carbocycles. The van der Waals surface area contributed by atoms with E-state index < -0.39 is 0 Å². The van der Waals surface area contributed by atoms with E-state index in [1.165, 1.54) is 25.6 Å². The first-order valence-corrected chi connectivity index (χ1v) is 5.96. The van der Waals surface area contributed by atoms with E-state index in [-0.39, 0.29) is 11.5 Å². The summed E-state index contributed by atoms with van der Waals surface area (Å²) in [5.74, 6) is -0.0704. The Bertz CT molecular complexity index is 409. The Hall–Kier alpha value is -0.740. The van der Waals surface area contributed by atoms with Crippen molar-refractivity contribution in [1.82, 2.24) is 0 Å². The van der Waals surface area contributed by atoms with Gasteiger partial charge in [-0.1, -0.05) is 23.9 Å². The number of aliphatic hydroxyl groups is 1. The van der Waals surface area contributed by atoms with Crippen molar-refractivity contribution in [1.29, 1.82) is 0 Å². The molecule has 1 N–H and O–H groups in total. The van der Waals surface area contributed by atoms with Crippen LogP contribution in [0.2, 0.25) is 0 Å². The molecule has 0 radical (unpaired) electrons. The van der Waals surface area contributed by atoms with Crippen molar-refractivity contribution in [3.8, 4) is 0 Å². The molecule has 1 rings (SSSR count). The molecule has 0 heterocycles. The third-order valence-corrected chi connectivity index (χ3v) is 4.01. The summed E-state index contributed by atoms with van der Waals surface area (Å²) in [6.45, 7) is 2.96. The van der Waals surface area contributed by atoms with Crippen LogP contribution < -0.4 is 0 Å². The van der Waals surface area contributed by atoms with Gasteiger partial charge in [0.2, 0.25) is 0 Å². The zero-order valence-corrected chi connectivity index (χ0v) is 10.9. The molecule has 0 bridgehead atoms. The summed E-state index contributed by atoms with van der Waals surface area (Å²) in [7, 11) is 0. The quantitative estimate of drug-likeness (QED) is 0.520. The lowest BCUT2D eigenvalue weighted by Crippen LogP contribution is -1.96. The van der Waals surface area contributed by atoms with Crippen LogP contribution in [0.25, 0.3) is 0 Å². The van der Waals surface area contributed by atoms with Gasteiger partial charge < -0.3 is 5.11 Å². The molecule has 15 heavy (non-hydrogen) atoms. The molecule has 2 nitrogen and oxygen atoms in total. The van der Waals surface area contributed by atoms with Gasteiger partial charge in [0.15, 0.2) is 5.78 Å². The Labute approximate surface area is 102 Å². The molecule has 1 aromatic rings. The number of carbonyl (C=O) groups is 1. The minimum absolute atomic E-state index is 0.0586. The first-order chi connectivity index (χ1) is 7.02. The number of carbonyl (C=O) groups excluding carboxylic acids is 1. The monoisotopic (exact) mass is 286 g/mol. The molecule has 0 saturated heterocycles. The molecule has 0 fully saturated rings. The van der Waals surface area contributed by atoms with Crippen molar-refractivity contribution in [2.24, 2.45) is 0 Å². The van der Waals surface area contributed by atoms with E-state index in [0.29, 0.717) is 4.91 Å². The third kappa shape index (κ3) is 3.39. The van der Waals surface area contributed by atoms with Crippen LogP contribution in [0, 0.1) is 0 Å². The average Bonchev–Trinajstić information content (AvgIpc) is 2.15. The Kier molecular flexibility index (Phi) is 4.42. The highest BCUT2D eigenvalue weighted by Crippen LogP contribution is 2.34. The van der Waals surface area contributed by atoms with Crippen molar-refractivity contribution < 1.29 is 9.90 Å². The molecule has 0 aliphatic carbocycles. The topological polar surface area (TPSA) is 37.3 Å².